The van der Waals surface area contributed by atoms with Gasteiger partial charge in [0.2, 0.25) is 5.95 Å². The second-order valence-electron chi connectivity index (χ2n) is 7.97. The Morgan fingerprint density at radius 3 is 2.81 bits per heavy atom. The number of hydrogen-bond donors (Lipinski definition) is 2. The molecule has 0 saturated heterocycles. The molecule has 3 heterocycles. The van der Waals surface area contributed by atoms with Gasteiger partial charge in [-0.3, -0.25) is 0 Å². The van der Waals surface area contributed by atoms with Crippen molar-refractivity contribution < 1.29 is 4.39 Å². The van der Waals surface area contributed by atoms with Crippen molar-refractivity contribution in [2.24, 2.45) is 5.73 Å². The van der Waals surface area contributed by atoms with E-state index in [2.05, 4.69) is 35.3 Å². The van der Waals surface area contributed by atoms with Gasteiger partial charge in [-0.25, -0.2) is 9.97 Å². The van der Waals surface area contributed by atoms with Crippen LogP contribution < -0.4 is 11.1 Å². The van der Waals surface area contributed by atoms with Crippen LogP contribution in [0, 0.1) is 5.95 Å². The maximum absolute atomic E-state index is 14.8. The van der Waals surface area contributed by atoms with Crippen LogP contribution in [-0.4, -0.2) is 40.5 Å². The third-order valence-corrected chi connectivity index (χ3v) is 6.89. The maximum Gasteiger partial charge on any atom is 0.225 e. The van der Waals surface area contributed by atoms with Gasteiger partial charge >= 0.3 is 0 Å². The lowest BCUT2D eigenvalue weighted by atomic mass is 10.1. The van der Waals surface area contributed by atoms with Crippen molar-refractivity contribution in [3.63, 3.8) is 0 Å². The van der Waals surface area contributed by atoms with Crippen molar-refractivity contribution in [3.05, 3.63) is 47.9 Å². The van der Waals surface area contributed by atoms with E-state index in [1.165, 1.54) is 37.0 Å². The van der Waals surface area contributed by atoms with E-state index >= 15 is 0 Å². The molecular formula is C24H34FN5S. The summed E-state index contributed by atoms with van der Waals surface area (Å²) in [5.74, 6) is 0.0832. The number of hydrogen-bond acceptors (Lipinski definition) is 6. The van der Waals surface area contributed by atoms with E-state index in [4.69, 9.17) is 10.7 Å². The molecule has 31 heavy (non-hydrogen) atoms. The molecule has 1 aliphatic heterocycles. The van der Waals surface area contributed by atoms with Crippen LogP contribution >= 0.6 is 11.3 Å². The molecule has 0 aromatic carbocycles. The summed E-state index contributed by atoms with van der Waals surface area (Å²) in [6.07, 6.45) is 9.49. The van der Waals surface area contributed by atoms with Crippen LogP contribution in [0.4, 0.5) is 10.2 Å². The van der Waals surface area contributed by atoms with Crippen LogP contribution in [0.25, 0.3) is 16.3 Å². The summed E-state index contributed by atoms with van der Waals surface area (Å²) in [6, 6.07) is 3.78. The van der Waals surface area contributed by atoms with Crippen LogP contribution in [0.3, 0.4) is 0 Å². The Balaban J connectivity index is 1.68. The van der Waals surface area contributed by atoms with E-state index in [0.717, 1.165) is 48.6 Å². The van der Waals surface area contributed by atoms with Gasteiger partial charge in [-0.15, -0.1) is 17.9 Å². The molecule has 7 heteroatoms. The normalized spacial score (nSPS) is 14.4. The number of aromatic nitrogens is 2. The van der Waals surface area contributed by atoms with Gasteiger partial charge < -0.3 is 16.0 Å². The first-order valence-corrected chi connectivity index (χ1v) is 12.1. The van der Waals surface area contributed by atoms with Crippen LogP contribution in [0.1, 0.15) is 56.0 Å². The first-order chi connectivity index (χ1) is 15.1. The molecule has 3 N–H and O–H groups in total. The average Bonchev–Trinajstić information content (AvgIpc) is 3.20. The number of anilines is 1. The molecular weight excluding hydrogens is 409 g/mol. The molecule has 3 rings (SSSR count). The largest absolute Gasteiger partial charge is 0.370 e. The van der Waals surface area contributed by atoms with Crippen molar-refractivity contribution in [2.75, 3.05) is 25.0 Å². The zero-order chi connectivity index (χ0) is 22.2. The number of nitrogens with one attached hydrogen (secondary N) is 1. The van der Waals surface area contributed by atoms with Crippen molar-refractivity contribution in [3.8, 4) is 10.6 Å². The van der Waals surface area contributed by atoms with Gasteiger partial charge in [-0.05, 0) is 25.0 Å². The molecule has 1 aliphatic rings. The molecule has 168 valence electrons. The Bertz CT molecular complexity index is 894. The second-order valence-corrected chi connectivity index (χ2v) is 8.97. The summed E-state index contributed by atoms with van der Waals surface area (Å²) in [7, 11) is 0. The lowest BCUT2D eigenvalue weighted by Gasteiger charge is -2.36. The zero-order valence-corrected chi connectivity index (χ0v) is 19.3. The topological polar surface area (TPSA) is 67.1 Å². The molecule has 0 aliphatic carbocycles. The Morgan fingerprint density at radius 1 is 1.29 bits per heavy atom. The third kappa shape index (κ3) is 5.71. The minimum atomic E-state index is -0.490. The van der Waals surface area contributed by atoms with Crippen molar-refractivity contribution in [1.29, 1.82) is 0 Å². The summed E-state index contributed by atoms with van der Waals surface area (Å²) in [6.45, 7) is 12.5. The Kier molecular flexibility index (Phi) is 8.60. The molecule has 2 aromatic rings. The zero-order valence-electron chi connectivity index (χ0n) is 18.5. The highest BCUT2D eigenvalue weighted by atomic mass is 32.1. The highest BCUT2D eigenvalue weighted by Gasteiger charge is 2.28. The number of thiazole rings is 1. The molecule has 1 atom stereocenters. The summed E-state index contributed by atoms with van der Waals surface area (Å²) in [5, 5.41) is 3.88. The van der Waals surface area contributed by atoms with Gasteiger partial charge in [0, 0.05) is 37.8 Å². The summed E-state index contributed by atoms with van der Waals surface area (Å²) in [5.41, 5.74) is 8.29. The highest BCUT2D eigenvalue weighted by Crippen LogP contribution is 2.38. The number of fused-ring (bicyclic) bond motifs is 1. The van der Waals surface area contributed by atoms with Gasteiger partial charge in [0.25, 0.3) is 0 Å². The quantitative estimate of drug-likeness (QED) is 0.259. The summed E-state index contributed by atoms with van der Waals surface area (Å²) < 4.78 is 14.8. The van der Waals surface area contributed by atoms with Gasteiger partial charge in [0.1, 0.15) is 10.8 Å². The van der Waals surface area contributed by atoms with E-state index < -0.39 is 5.95 Å². The molecule has 0 amide bonds. The van der Waals surface area contributed by atoms with E-state index in [-0.39, 0.29) is 6.04 Å². The first kappa shape index (κ1) is 23.4. The lowest BCUT2D eigenvalue weighted by molar-refractivity contribution is 0.295. The molecule has 0 fully saturated rings. The number of nitrogens with zero attached hydrogens (tertiary/aromatic N) is 3. The Hall–Kier alpha value is -2.25. The fourth-order valence-electron chi connectivity index (χ4n) is 3.94. The van der Waals surface area contributed by atoms with Crippen LogP contribution in [0.2, 0.25) is 0 Å². The van der Waals surface area contributed by atoms with Gasteiger partial charge in [0.05, 0.1) is 16.1 Å². The molecule has 5 nitrogen and oxygen atoms in total. The Labute approximate surface area is 189 Å². The summed E-state index contributed by atoms with van der Waals surface area (Å²) >= 11 is 1.48. The van der Waals surface area contributed by atoms with Gasteiger partial charge in [0.15, 0.2) is 0 Å². The number of halogens is 1. The number of unbranched alkanes of at least 4 members (excludes halogenated alkanes) is 4. The lowest BCUT2D eigenvalue weighted by Crippen LogP contribution is -2.41. The number of pyridine rings is 1. The molecule has 0 bridgehead atoms. The van der Waals surface area contributed by atoms with Crippen LogP contribution in [0.15, 0.2) is 31.4 Å². The standard InChI is InChI=1S/C24H34FN5S/c1-4-6-7-8-9-14-27-21-12-11-19(23(25)29-21)24-28-20-13-15-30(17(3)22(20)31-24)18(16-26)10-5-2/h5,11-12,18H,2-4,6-10,13-16,26H2,1H3,(H,27,29). The highest BCUT2D eigenvalue weighted by molar-refractivity contribution is 7.16. The molecule has 0 spiro atoms. The summed E-state index contributed by atoms with van der Waals surface area (Å²) in [4.78, 5) is 12.1. The third-order valence-electron chi connectivity index (χ3n) is 5.71. The van der Waals surface area contributed by atoms with E-state index in [1.807, 2.05) is 12.1 Å². The van der Waals surface area contributed by atoms with E-state index in [0.29, 0.717) is 22.9 Å². The average molecular weight is 444 g/mol. The fraction of sp³-hybridized carbons (Fsp3) is 0.500. The van der Waals surface area contributed by atoms with Crippen molar-refractivity contribution >= 4 is 22.9 Å². The molecule has 2 aromatic heterocycles. The smallest absolute Gasteiger partial charge is 0.225 e. The predicted molar refractivity (Wildman–Crippen MR) is 130 cm³/mol. The van der Waals surface area contributed by atoms with Crippen molar-refractivity contribution in [1.82, 2.24) is 14.9 Å². The number of nitrogens with two attached hydrogens (primary N) is 1. The molecule has 0 saturated carbocycles. The Morgan fingerprint density at radius 2 is 2.10 bits per heavy atom. The molecule has 0 radical (unpaired) electrons. The SMILES string of the molecule is C=CCC(CN)N1CCc2nc(-c3ccc(NCCCCCCC)nc3F)sc2C1=C. The first-order valence-electron chi connectivity index (χ1n) is 11.3. The van der Waals surface area contributed by atoms with Gasteiger partial charge in [-0.1, -0.05) is 45.3 Å². The minimum Gasteiger partial charge on any atom is -0.370 e. The van der Waals surface area contributed by atoms with Gasteiger partial charge in [-0.2, -0.15) is 4.39 Å². The second kappa shape index (κ2) is 11.4. The van der Waals surface area contributed by atoms with Crippen LogP contribution in [0.5, 0.6) is 0 Å². The fourth-order valence-corrected chi connectivity index (χ4v) is 5.05. The molecule has 1 unspecified atom stereocenters. The number of rotatable bonds is 12. The van der Waals surface area contributed by atoms with Crippen LogP contribution in [-0.2, 0) is 6.42 Å². The minimum absolute atomic E-state index is 0.175. The van der Waals surface area contributed by atoms with Crippen molar-refractivity contribution in [2.45, 2.75) is 57.9 Å². The van der Waals surface area contributed by atoms with E-state index in [1.54, 1.807) is 6.07 Å². The maximum atomic E-state index is 14.8. The predicted octanol–water partition coefficient (Wildman–Crippen LogP) is 5.46. The monoisotopic (exact) mass is 443 g/mol. The van der Waals surface area contributed by atoms with E-state index in [9.17, 15) is 4.39 Å².